The number of benzene rings is 2. The largest absolute Gasteiger partial charge is 0.505 e. The van der Waals surface area contributed by atoms with Crippen LogP contribution in [0.15, 0.2) is 53.7 Å². The van der Waals surface area contributed by atoms with E-state index in [1.807, 2.05) is 25.1 Å². The molecule has 1 aromatic heterocycles. The Hall–Kier alpha value is -2.72. The number of aliphatic hydroxyl groups excluding tert-OH is 1. The van der Waals surface area contributed by atoms with Gasteiger partial charge in [-0.1, -0.05) is 42.5 Å². The Labute approximate surface area is 141 Å². The lowest BCUT2D eigenvalue weighted by Crippen LogP contribution is -1.99. The van der Waals surface area contributed by atoms with Gasteiger partial charge >= 0.3 is 0 Å². The normalized spacial score (nSPS) is 12.8. The average molecular weight is 320 g/mol. The number of fused-ring (bicyclic) bond motifs is 1. The van der Waals surface area contributed by atoms with Gasteiger partial charge < -0.3 is 10.2 Å². The summed E-state index contributed by atoms with van der Waals surface area (Å²) in [6.45, 7) is 3.55. The second-order valence-electron chi connectivity index (χ2n) is 5.81. The smallest absolute Gasteiger partial charge is 0.145 e. The molecule has 4 nitrogen and oxygen atoms in total. The van der Waals surface area contributed by atoms with Crippen molar-refractivity contribution in [1.82, 2.24) is 4.98 Å². The van der Waals surface area contributed by atoms with Crippen LogP contribution in [0.4, 0.5) is 0 Å². The van der Waals surface area contributed by atoms with E-state index in [0.29, 0.717) is 16.8 Å². The van der Waals surface area contributed by atoms with E-state index >= 15 is 0 Å². The van der Waals surface area contributed by atoms with Gasteiger partial charge in [0, 0.05) is 23.5 Å². The molecule has 4 heteroatoms. The van der Waals surface area contributed by atoms with E-state index in [-0.39, 0.29) is 18.4 Å². The molecule has 24 heavy (non-hydrogen) atoms. The third-order valence-electron chi connectivity index (χ3n) is 4.23. The van der Waals surface area contributed by atoms with E-state index in [1.54, 1.807) is 19.3 Å². The van der Waals surface area contributed by atoms with E-state index in [2.05, 4.69) is 34.2 Å². The third-order valence-corrected chi connectivity index (χ3v) is 4.23. The molecule has 0 bridgehead atoms. The van der Waals surface area contributed by atoms with Gasteiger partial charge in [0.25, 0.3) is 0 Å². The molecule has 3 rings (SSSR count). The molecular weight excluding hydrogens is 300 g/mol. The molecule has 0 saturated carbocycles. The number of nitrogens with zero attached hydrogens (tertiary/aromatic N) is 2. The number of rotatable bonds is 4. The van der Waals surface area contributed by atoms with Crippen LogP contribution in [-0.2, 0) is 6.61 Å². The van der Waals surface area contributed by atoms with E-state index in [1.165, 1.54) is 10.8 Å². The summed E-state index contributed by atoms with van der Waals surface area (Å²) in [5.74, 6) is 0.0652. The third kappa shape index (κ3) is 3.01. The molecule has 0 amide bonds. The van der Waals surface area contributed by atoms with Crippen molar-refractivity contribution >= 4 is 17.0 Å². The zero-order valence-corrected chi connectivity index (χ0v) is 13.8. The summed E-state index contributed by atoms with van der Waals surface area (Å²) in [5, 5.41) is 22.0. The fourth-order valence-electron chi connectivity index (χ4n) is 2.80. The Morgan fingerprint density at radius 1 is 1.17 bits per heavy atom. The molecule has 0 radical (unpaired) electrons. The van der Waals surface area contributed by atoms with E-state index in [0.717, 1.165) is 5.56 Å². The monoisotopic (exact) mass is 320 g/mol. The summed E-state index contributed by atoms with van der Waals surface area (Å²) >= 11 is 0. The fraction of sp³-hybridized carbons (Fsp3) is 0.200. The first kappa shape index (κ1) is 16.1. The predicted molar refractivity (Wildman–Crippen MR) is 96.5 cm³/mol. The van der Waals surface area contributed by atoms with E-state index < -0.39 is 0 Å². The number of hydrogen-bond donors (Lipinski definition) is 2. The summed E-state index contributed by atoms with van der Waals surface area (Å²) in [5.41, 5.74) is 2.73. The van der Waals surface area contributed by atoms with Crippen LogP contribution >= 0.6 is 0 Å². The highest BCUT2D eigenvalue weighted by molar-refractivity contribution is 5.88. The minimum absolute atomic E-state index is 0.0652. The summed E-state index contributed by atoms with van der Waals surface area (Å²) in [4.78, 5) is 8.67. The molecule has 1 atom stereocenters. The van der Waals surface area contributed by atoms with Crippen LogP contribution in [0.2, 0.25) is 0 Å². The first-order valence-electron chi connectivity index (χ1n) is 7.91. The molecule has 0 spiro atoms. The minimum atomic E-state index is -0.190. The molecule has 2 aromatic carbocycles. The van der Waals surface area contributed by atoms with Gasteiger partial charge in [0.15, 0.2) is 0 Å². The first-order chi connectivity index (χ1) is 11.6. The van der Waals surface area contributed by atoms with Gasteiger partial charge in [-0.25, -0.2) is 0 Å². The predicted octanol–water partition coefficient (Wildman–Crippen LogP) is 3.92. The van der Waals surface area contributed by atoms with Crippen molar-refractivity contribution in [3.05, 3.63) is 71.0 Å². The molecule has 122 valence electrons. The number of hydrogen-bond acceptors (Lipinski definition) is 4. The Balaban J connectivity index is 1.99. The van der Waals surface area contributed by atoms with Crippen LogP contribution in [0.1, 0.15) is 35.3 Å². The molecule has 0 fully saturated rings. The second-order valence-corrected chi connectivity index (χ2v) is 5.81. The lowest BCUT2D eigenvalue weighted by Gasteiger charge is -2.12. The van der Waals surface area contributed by atoms with Crippen LogP contribution in [0.25, 0.3) is 10.8 Å². The van der Waals surface area contributed by atoms with Crippen LogP contribution in [0.5, 0.6) is 5.75 Å². The number of aromatic nitrogens is 1. The van der Waals surface area contributed by atoms with Crippen molar-refractivity contribution in [2.45, 2.75) is 26.5 Å². The maximum absolute atomic E-state index is 10.2. The lowest BCUT2D eigenvalue weighted by molar-refractivity contribution is 0.280. The van der Waals surface area contributed by atoms with Crippen molar-refractivity contribution in [3.63, 3.8) is 0 Å². The zero-order chi connectivity index (χ0) is 17.1. The molecule has 0 unspecified atom stereocenters. The summed E-state index contributed by atoms with van der Waals surface area (Å²) in [6, 6.07) is 14.3. The molecule has 0 aliphatic rings. The minimum Gasteiger partial charge on any atom is -0.505 e. The lowest BCUT2D eigenvalue weighted by atomic mass is 10.00. The van der Waals surface area contributed by atoms with E-state index in [4.69, 9.17) is 0 Å². The van der Waals surface area contributed by atoms with Crippen LogP contribution in [-0.4, -0.2) is 21.4 Å². The quantitative estimate of drug-likeness (QED) is 0.716. The summed E-state index contributed by atoms with van der Waals surface area (Å²) in [7, 11) is 0. The standard InChI is InChI=1S/C20H20N2O2/c1-13(17-9-5-7-15-6-3-4-8-18(15)17)22-11-19-16(12-23)10-21-14(2)20(19)24/h3-11,13,23-24H,12H2,1-2H3/t13-/m0/s1. The zero-order valence-electron chi connectivity index (χ0n) is 13.8. The fourth-order valence-corrected chi connectivity index (χ4v) is 2.80. The van der Waals surface area contributed by atoms with Gasteiger partial charge in [-0.3, -0.25) is 9.98 Å². The molecule has 1 heterocycles. The summed E-state index contributed by atoms with van der Waals surface area (Å²) in [6.07, 6.45) is 3.20. The van der Waals surface area contributed by atoms with Gasteiger partial charge in [-0.15, -0.1) is 0 Å². The van der Waals surface area contributed by atoms with E-state index in [9.17, 15) is 10.2 Å². The molecule has 0 aliphatic carbocycles. The molecule has 0 saturated heterocycles. The Bertz CT molecular complexity index is 898. The second kappa shape index (κ2) is 6.81. The Morgan fingerprint density at radius 2 is 1.92 bits per heavy atom. The molecule has 0 aliphatic heterocycles. The number of aliphatic hydroxyl groups is 1. The van der Waals surface area contributed by atoms with Crippen LogP contribution in [0, 0.1) is 6.92 Å². The Kier molecular flexibility index (Phi) is 4.58. The molecule has 2 N–H and O–H groups in total. The highest BCUT2D eigenvalue weighted by Crippen LogP contribution is 2.27. The number of aromatic hydroxyl groups is 1. The first-order valence-corrected chi connectivity index (χ1v) is 7.91. The topological polar surface area (TPSA) is 65.7 Å². The summed E-state index contributed by atoms with van der Waals surface area (Å²) < 4.78 is 0. The molecule has 3 aromatic rings. The van der Waals surface area contributed by atoms with Crippen molar-refractivity contribution < 1.29 is 10.2 Å². The highest BCUT2D eigenvalue weighted by atomic mass is 16.3. The van der Waals surface area contributed by atoms with Crippen molar-refractivity contribution in [2.24, 2.45) is 4.99 Å². The van der Waals surface area contributed by atoms with Crippen molar-refractivity contribution in [1.29, 1.82) is 0 Å². The van der Waals surface area contributed by atoms with Crippen molar-refractivity contribution in [3.8, 4) is 5.75 Å². The maximum Gasteiger partial charge on any atom is 0.145 e. The van der Waals surface area contributed by atoms with Gasteiger partial charge in [0.1, 0.15) is 5.75 Å². The number of aliphatic imine (C=N–C) groups is 1. The van der Waals surface area contributed by atoms with Crippen LogP contribution in [0.3, 0.4) is 0 Å². The Morgan fingerprint density at radius 3 is 2.71 bits per heavy atom. The molecular formula is C20H20N2O2. The number of aryl methyl sites for hydroxylation is 1. The average Bonchev–Trinajstić information content (AvgIpc) is 2.62. The van der Waals surface area contributed by atoms with Crippen LogP contribution < -0.4 is 0 Å². The van der Waals surface area contributed by atoms with Gasteiger partial charge in [-0.05, 0) is 30.2 Å². The number of pyridine rings is 1. The maximum atomic E-state index is 10.2. The van der Waals surface area contributed by atoms with Gasteiger partial charge in [0.2, 0.25) is 0 Å². The highest BCUT2D eigenvalue weighted by Gasteiger charge is 2.11. The SMILES string of the molecule is Cc1ncc(CO)c(C=N[C@@H](C)c2cccc3ccccc23)c1O. The van der Waals surface area contributed by atoms with Gasteiger partial charge in [-0.2, -0.15) is 0 Å². The van der Waals surface area contributed by atoms with Crippen molar-refractivity contribution in [2.75, 3.05) is 0 Å². The van der Waals surface area contributed by atoms with Gasteiger partial charge in [0.05, 0.1) is 18.3 Å².